The van der Waals surface area contributed by atoms with Crippen LogP contribution < -0.4 is 25.8 Å². The summed E-state index contributed by atoms with van der Waals surface area (Å²) in [6.45, 7) is 3.85. The molecule has 1 aromatic heterocycles. The van der Waals surface area contributed by atoms with Crippen molar-refractivity contribution in [2.24, 2.45) is 0 Å². The summed E-state index contributed by atoms with van der Waals surface area (Å²) >= 11 is 0. The third-order valence-electron chi connectivity index (χ3n) is 3.60. The SMILES string of the molecule is CCCCNc1ncnc(NCc2ccc3c(c2)OCO3)c1N. The number of unbranched alkanes of at least 4 members (excludes halogenated alkanes) is 1. The Labute approximate surface area is 135 Å². The highest BCUT2D eigenvalue weighted by molar-refractivity contribution is 5.74. The number of nitrogens with zero attached hydrogens (tertiary/aromatic N) is 2. The van der Waals surface area contributed by atoms with Gasteiger partial charge in [0.15, 0.2) is 23.1 Å². The van der Waals surface area contributed by atoms with E-state index in [0.29, 0.717) is 23.9 Å². The molecule has 0 spiro atoms. The van der Waals surface area contributed by atoms with Gasteiger partial charge >= 0.3 is 0 Å². The maximum atomic E-state index is 6.13. The zero-order chi connectivity index (χ0) is 16.1. The van der Waals surface area contributed by atoms with E-state index in [4.69, 9.17) is 15.2 Å². The maximum Gasteiger partial charge on any atom is 0.231 e. The van der Waals surface area contributed by atoms with Crippen LogP contribution in [0.5, 0.6) is 11.5 Å². The Kier molecular flexibility index (Phi) is 4.65. The smallest absolute Gasteiger partial charge is 0.231 e. The molecule has 1 aliphatic rings. The second kappa shape index (κ2) is 7.04. The Bertz CT molecular complexity index is 678. The van der Waals surface area contributed by atoms with Gasteiger partial charge in [-0.05, 0) is 24.1 Å². The van der Waals surface area contributed by atoms with Gasteiger partial charge in [-0.3, -0.25) is 0 Å². The number of benzene rings is 1. The number of hydrogen-bond acceptors (Lipinski definition) is 7. The minimum absolute atomic E-state index is 0.276. The molecule has 2 heterocycles. The third-order valence-corrected chi connectivity index (χ3v) is 3.60. The van der Waals surface area contributed by atoms with Crippen LogP contribution >= 0.6 is 0 Å². The van der Waals surface area contributed by atoms with E-state index < -0.39 is 0 Å². The normalized spacial score (nSPS) is 12.2. The molecule has 0 bridgehead atoms. The summed E-state index contributed by atoms with van der Waals surface area (Å²) in [5, 5.41) is 6.47. The Morgan fingerprint density at radius 2 is 1.91 bits per heavy atom. The van der Waals surface area contributed by atoms with Crippen molar-refractivity contribution < 1.29 is 9.47 Å². The molecule has 7 heteroatoms. The van der Waals surface area contributed by atoms with Gasteiger partial charge in [0, 0.05) is 13.1 Å². The molecule has 3 rings (SSSR count). The summed E-state index contributed by atoms with van der Waals surface area (Å²) in [6.07, 6.45) is 3.70. The highest BCUT2D eigenvalue weighted by atomic mass is 16.7. The third kappa shape index (κ3) is 3.56. The minimum atomic E-state index is 0.276. The van der Waals surface area contributed by atoms with Crippen molar-refractivity contribution in [2.45, 2.75) is 26.3 Å². The highest BCUT2D eigenvalue weighted by Crippen LogP contribution is 2.32. The predicted octanol–water partition coefficient (Wildman–Crippen LogP) is 2.61. The van der Waals surface area contributed by atoms with Crippen molar-refractivity contribution in [3.63, 3.8) is 0 Å². The lowest BCUT2D eigenvalue weighted by Gasteiger charge is -2.12. The van der Waals surface area contributed by atoms with Crippen molar-refractivity contribution in [2.75, 3.05) is 29.7 Å². The zero-order valence-electron chi connectivity index (χ0n) is 13.1. The van der Waals surface area contributed by atoms with Crippen molar-refractivity contribution in [3.8, 4) is 11.5 Å². The first-order chi connectivity index (χ1) is 11.3. The molecule has 7 nitrogen and oxygen atoms in total. The fraction of sp³-hybridized carbons (Fsp3) is 0.375. The monoisotopic (exact) mass is 315 g/mol. The number of nitrogens with two attached hydrogens (primary N) is 1. The first-order valence-corrected chi connectivity index (χ1v) is 7.74. The Hall–Kier alpha value is -2.70. The molecule has 0 aliphatic carbocycles. The number of aromatic nitrogens is 2. The van der Waals surface area contributed by atoms with Gasteiger partial charge in [0.25, 0.3) is 0 Å². The molecule has 0 radical (unpaired) electrons. The number of fused-ring (bicyclic) bond motifs is 1. The van der Waals surface area contributed by atoms with Crippen molar-refractivity contribution >= 4 is 17.3 Å². The minimum Gasteiger partial charge on any atom is -0.454 e. The summed E-state index contributed by atoms with van der Waals surface area (Å²) in [7, 11) is 0. The van der Waals surface area contributed by atoms with Gasteiger partial charge in [0.05, 0.1) is 0 Å². The molecule has 1 aliphatic heterocycles. The number of nitrogen functional groups attached to an aromatic ring is 1. The van der Waals surface area contributed by atoms with Crippen molar-refractivity contribution in [3.05, 3.63) is 30.1 Å². The topological polar surface area (TPSA) is 94.3 Å². The lowest BCUT2D eigenvalue weighted by atomic mass is 10.2. The molecule has 122 valence electrons. The summed E-state index contributed by atoms with van der Waals surface area (Å²) in [5.74, 6) is 2.83. The van der Waals surface area contributed by atoms with Gasteiger partial charge in [0.1, 0.15) is 12.0 Å². The molecule has 0 fully saturated rings. The van der Waals surface area contributed by atoms with Gasteiger partial charge in [-0.2, -0.15) is 0 Å². The quantitative estimate of drug-likeness (QED) is 0.676. The fourth-order valence-electron chi connectivity index (χ4n) is 2.30. The van der Waals surface area contributed by atoms with Crippen LogP contribution in [0.25, 0.3) is 0 Å². The number of nitrogens with one attached hydrogen (secondary N) is 2. The molecule has 4 N–H and O–H groups in total. The van der Waals surface area contributed by atoms with E-state index in [-0.39, 0.29) is 6.79 Å². The second-order valence-electron chi connectivity index (χ2n) is 5.31. The molecule has 0 amide bonds. The van der Waals surface area contributed by atoms with E-state index >= 15 is 0 Å². The molecule has 0 saturated heterocycles. The van der Waals surface area contributed by atoms with Crippen LogP contribution in [-0.2, 0) is 6.54 Å². The maximum absolute atomic E-state index is 6.13. The first-order valence-electron chi connectivity index (χ1n) is 7.74. The van der Waals surface area contributed by atoms with Crippen molar-refractivity contribution in [1.82, 2.24) is 9.97 Å². The molecular formula is C16H21N5O2. The lowest BCUT2D eigenvalue weighted by Crippen LogP contribution is -2.10. The van der Waals surface area contributed by atoms with Gasteiger partial charge in [0.2, 0.25) is 6.79 Å². The Balaban J connectivity index is 1.64. The van der Waals surface area contributed by atoms with E-state index in [1.165, 1.54) is 6.33 Å². The summed E-state index contributed by atoms with van der Waals surface area (Å²) in [5.41, 5.74) is 7.72. The Morgan fingerprint density at radius 1 is 1.13 bits per heavy atom. The van der Waals surface area contributed by atoms with Gasteiger partial charge in [-0.15, -0.1) is 0 Å². The molecule has 23 heavy (non-hydrogen) atoms. The number of rotatable bonds is 7. The van der Waals surface area contributed by atoms with Crippen LogP contribution in [0.3, 0.4) is 0 Å². The molecule has 0 saturated carbocycles. The molecule has 0 atom stereocenters. The van der Waals surface area contributed by atoms with Crippen LogP contribution in [-0.4, -0.2) is 23.3 Å². The van der Waals surface area contributed by atoms with Crippen LogP contribution in [0.4, 0.5) is 17.3 Å². The van der Waals surface area contributed by atoms with E-state index in [2.05, 4.69) is 27.5 Å². The standard InChI is InChI=1S/C16H21N5O2/c1-2-3-6-18-15-14(17)16(21-9-20-15)19-8-11-4-5-12-13(7-11)23-10-22-12/h4-5,7,9H,2-3,6,8,10,17H2,1H3,(H2,18,19,20,21). The molecule has 2 aromatic rings. The van der Waals surface area contributed by atoms with E-state index in [1.54, 1.807) is 0 Å². The van der Waals surface area contributed by atoms with Crippen molar-refractivity contribution in [1.29, 1.82) is 0 Å². The highest BCUT2D eigenvalue weighted by Gasteiger charge is 2.13. The second-order valence-corrected chi connectivity index (χ2v) is 5.31. The summed E-state index contributed by atoms with van der Waals surface area (Å²) in [4.78, 5) is 8.40. The van der Waals surface area contributed by atoms with E-state index in [1.807, 2.05) is 18.2 Å². The van der Waals surface area contributed by atoms with Crippen LogP contribution in [0.1, 0.15) is 25.3 Å². The molecule has 0 unspecified atom stereocenters. The summed E-state index contributed by atoms with van der Waals surface area (Å²) in [6, 6.07) is 5.84. The van der Waals surface area contributed by atoms with Gasteiger partial charge in [-0.25, -0.2) is 9.97 Å². The number of hydrogen-bond donors (Lipinski definition) is 3. The van der Waals surface area contributed by atoms with Gasteiger partial charge < -0.3 is 25.8 Å². The van der Waals surface area contributed by atoms with E-state index in [0.717, 1.165) is 36.4 Å². The lowest BCUT2D eigenvalue weighted by molar-refractivity contribution is 0.174. The number of ether oxygens (including phenoxy) is 2. The molecular weight excluding hydrogens is 294 g/mol. The van der Waals surface area contributed by atoms with Crippen LogP contribution in [0, 0.1) is 0 Å². The van der Waals surface area contributed by atoms with Crippen LogP contribution in [0.15, 0.2) is 24.5 Å². The van der Waals surface area contributed by atoms with Crippen LogP contribution in [0.2, 0.25) is 0 Å². The first kappa shape index (κ1) is 15.2. The fourth-order valence-corrected chi connectivity index (χ4v) is 2.30. The largest absolute Gasteiger partial charge is 0.454 e. The average Bonchev–Trinajstić information content (AvgIpc) is 3.03. The summed E-state index contributed by atoms with van der Waals surface area (Å²) < 4.78 is 10.7. The van der Waals surface area contributed by atoms with E-state index in [9.17, 15) is 0 Å². The average molecular weight is 315 g/mol. The number of anilines is 3. The molecule has 1 aromatic carbocycles. The zero-order valence-corrected chi connectivity index (χ0v) is 13.1. The predicted molar refractivity (Wildman–Crippen MR) is 89.7 cm³/mol. The van der Waals surface area contributed by atoms with Gasteiger partial charge in [-0.1, -0.05) is 19.4 Å². The Morgan fingerprint density at radius 3 is 2.74 bits per heavy atom.